The van der Waals surface area contributed by atoms with Gasteiger partial charge in [0.05, 0.1) is 5.36 Å². The molecule has 1 unspecified atom stereocenters. The normalized spacial score (nSPS) is 20.4. The zero-order valence-electron chi connectivity index (χ0n) is 6.90. The van der Waals surface area contributed by atoms with E-state index < -0.39 is 0 Å². The average Bonchev–Trinajstić information content (AvgIpc) is 2.16. The van der Waals surface area contributed by atoms with Gasteiger partial charge in [0, 0.05) is 17.2 Å². The van der Waals surface area contributed by atoms with Gasteiger partial charge in [-0.15, -0.1) is 0 Å². The molecule has 0 saturated carbocycles. The SMILES string of the molecule is O=CC1=c2ccccc2=NC(Br)C1. The number of hydrogen-bond donors (Lipinski definition) is 0. The maximum atomic E-state index is 10.8. The van der Waals surface area contributed by atoms with Crippen LogP contribution in [0, 0.1) is 0 Å². The van der Waals surface area contributed by atoms with Crippen molar-refractivity contribution in [3.8, 4) is 0 Å². The lowest BCUT2D eigenvalue weighted by Crippen LogP contribution is -2.32. The van der Waals surface area contributed by atoms with E-state index in [9.17, 15) is 4.79 Å². The molecule has 3 heteroatoms. The maximum Gasteiger partial charge on any atom is 0.146 e. The van der Waals surface area contributed by atoms with Crippen LogP contribution in [-0.4, -0.2) is 11.2 Å². The summed E-state index contributed by atoms with van der Waals surface area (Å²) >= 11 is 3.39. The van der Waals surface area contributed by atoms with Crippen LogP contribution in [0.2, 0.25) is 0 Å². The van der Waals surface area contributed by atoms with Crippen molar-refractivity contribution in [1.82, 2.24) is 0 Å². The molecule has 0 aromatic heterocycles. The number of para-hydroxylation sites is 1. The van der Waals surface area contributed by atoms with Gasteiger partial charge in [-0.05, 0) is 6.07 Å². The molecular formula is C10H8BrNO. The Balaban J connectivity index is 2.82. The van der Waals surface area contributed by atoms with E-state index in [2.05, 4.69) is 20.9 Å². The van der Waals surface area contributed by atoms with Crippen molar-refractivity contribution in [3.63, 3.8) is 0 Å². The number of rotatable bonds is 1. The molecule has 0 amide bonds. The van der Waals surface area contributed by atoms with Crippen molar-refractivity contribution in [1.29, 1.82) is 0 Å². The molecule has 1 aromatic carbocycles. The van der Waals surface area contributed by atoms with E-state index in [-0.39, 0.29) is 4.95 Å². The van der Waals surface area contributed by atoms with Crippen molar-refractivity contribution in [3.05, 3.63) is 34.8 Å². The number of carbonyl (C=O) groups excluding carboxylic acids is 1. The number of benzene rings is 1. The monoisotopic (exact) mass is 237 g/mol. The van der Waals surface area contributed by atoms with Gasteiger partial charge in [-0.1, -0.05) is 34.1 Å². The Morgan fingerprint density at radius 1 is 1.46 bits per heavy atom. The van der Waals surface area contributed by atoms with Gasteiger partial charge in [0.25, 0.3) is 0 Å². The van der Waals surface area contributed by atoms with Crippen LogP contribution < -0.4 is 10.6 Å². The fourth-order valence-corrected chi connectivity index (χ4v) is 2.03. The van der Waals surface area contributed by atoms with E-state index in [1.54, 1.807) is 0 Å². The van der Waals surface area contributed by atoms with Gasteiger partial charge < -0.3 is 0 Å². The van der Waals surface area contributed by atoms with Crippen molar-refractivity contribution < 1.29 is 4.79 Å². The third kappa shape index (κ3) is 1.56. The second-order valence-electron chi connectivity index (χ2n) is 2.93. The Kier molecular flexibility index (Phi) is 2.27. The summed E-state index contributed by atoms with van der Waals surface area (Å²) in [6.45, 7) is 0. The van der Waals surface area contributed by atoms with Gasteiger partial charge in [0.2, 0.25) is 0 Å². The van der Waals surface area contributed by atoms with Gasteiger partial charge in [0.1, 0.15) is 11.2 Å². The first-order chi connectivity index (χ1) is 6.31. The molecule has 1 aliphatic rings. The lowest BCUT2D eigenvalue weighted by molar-refractivity contribution is -0.103. The van der Waals surface area contributed by atoms with Crippen molar-refractivity contribution in [2.75, 3.05) is 0 Å². The number of aldehydes is 1. The Morgan fingerprint density at radius 3 is 3.00 bits per heavy atom. The highest BCUT2D eigenvalue weighted by Crippen LogP contribution is 2.13. The summed E-state index contributed by atoms with van der Waals surface area (Å²) < 4.78 is 0. The van der Waals surface area contributed by atoms with Crippen LogP contribution >= 0.6 is 15.9 Å². The molecule has 2 rings (SSSR count). The first-order valence-electron chi connectivity index (χ1n) is 4.06. The van der Waals surface area contributed by atoms with Crippen LogP contribution in [0.3, 0.4) is 0 Å². The minimum atomic E-state index is 0.0441. The van der Waals surface area contributed by atoms with Crippen LogP contribution in [0.5, 0.6) is 0 Å². The molecule has 1 aliphatic heterocycles. The third-order valence-corrected chi connectivity index (χ3v) is 2.59. The van der Waals surface area contributed by atoms with Crippen LogP contribution in [0.15, 0.2) is 29.3 Å². The van der Waals surface area contributed by atoms with Gasteiger partial charge in [-0.3, -0.25) is 9.79 Å². The minimum absolute atomic E-state index is 0.0441. The summed E-state index contributed by atoms with van der Waals surface area (Å²) in [7, 11) is 0. The van der Waals surface area contributed by atoms with Gasteiger partial charge in [-0.2, -0.15) is 0 Å². The molecule has 1 atom stereocenters. The van der Waals surface area contributed by atoms with Crippen molar-refractivity contribution in [2.45, 2.75) is 11.4 Å². The molecule has 0 N–H and O–H groups in total. The van der Waals surface area contributed by atoms with Crippen LogP contribution in [-0.2, 0) is 4.79 Å². The molecule has 0 radical (unpaired) electrons. The Morgan fingerprint density at radius 2 is 2.23 bits per heavy atom. The molecule has 0 spiro atoms. The predicted molar refractivity (Wildman–Crippen MR) is 54.0 cm³/mol. The van der Waals surface area contributed by atoms with Gasteiger partial charge >= 0.3 is 0 Å². The van der Waals surface area contributed by atoms with E-state index in [0.717, 1.165) is 22.4 Å². The smallest absolute Gasteiger partial charge is 0.146 e. The predicted octanol–water partition coefficient (Wildman–Crippen LogP) is 0.780. The van der Waals surface area contributed by atoms with Crippen molar-refractivity contribution in [2.24, 2.45) is 4.99 Å². The topological polar surface area (TPSA) is 29.4 Å². The number of halogens is 1. The lowest BCUT2D eigenvalue weighted by atomic mass is 10.1. The van der Waals surface area contributed by atoms with E-state index in [1.165, 1.54) is 0 Å². The quantitative estimate of drug-likeness (QED) is 0.404. The first-order valence-corrected chi connectivity index (χ1v) is 4.98. The summed E-state index contributed by atoms with van der Waals surface area (Å²) in [6.07, 6.45) is 1.60. The fourth-order valence-electron chi connectivity index (χ4n) is 1.46. The number of carbonyl (C=O) groups is 1. The largest absolute Gasteiger partial charge is 0.298 e. The summed E-state index contributed by atoms with van der Waals surface area (Å²) in [4.78, 5) is 15.2. The first kappa shape index (κ1) is 8.63. The zero-order valence-corrected chi connectivity index (χ0v) is 8.49. The molecule has 0 bridgehead atoms. The zero-order chi connectivity index (χ0) is 9.26. The summed E-state index contributed by atoms with van der Waals surface area (Å²) in [6, 6.07) is 7.70. The minimum Gasteiger partial charge on any atom is -0.298 e. The highest BCUT2D eigenvalue weighted by atomic mass is 79.9. The fraction of sp³-hybridized carbons (Fsp3) is 0.200. The maximum absolute atomic E-state index is 10.8. The molecule has 2 nitrogen and oxygen atoms in total. The van der Waals surface area contributed by atoms with Crippen molar-refractivity contribution >= 4 is 27.8 Å². The highest BCUT2D eigenvalue weighted by molar-refractivity contribution is 9.09. The lowest BCUT2D eigenvalue weighted by Gasteiger charge is -2.09. The molecule has 66 valence electrons. The Bertz CT molecular complexity index is 452. The van der Waals surface area contributed by atoms with Gasteiger partial charge in [0.15, 0.2) is 0 Å². The van der Waals surface area contributed by atoms with E-state index in [4.69, 9.17) is 0 Å². The third-order valence-electron chi connectivity index (χ3n) is 2.06. The molecular weight excluding hydrogens is 230 g/mol. The standard InChI is InChI=1S/C10H8BrNO/c11-10-5-7(6-13)8-3-1-2-4-9(8)12-10/h1-4,6,10H,5H2. The van der Waals surface area contributed by atoms with E-state index in [1.807, 2.05) is 24.3 Å². The number of fused-ring (bicyclic) bond motifs is 1. The highest BCUT2D eigenvalue weighted by Gasteiger charge is 2.10. The molecule has 0 aliphatic carbocycles. The Hall–Kier alpha value is -0.960. The number of hydrogen-bond acceptors (Lipinski definition) is 2. The summed E-state index contributed by atoms with van der Waals surface area (Å²) in [5.41, 5.74) is 0.826. The Labute approximate surface area is 84.1 Å². The second kappa shape index (κ2) is 3.42. The number of alkyl halides is 1. The van der Waals surface area contributed by atoms with Crippen LogP contribution in [0.25, 0.3) is 5.57 Å². The molecule has 1 heterocycles. The van der Waals surface area contributed by atoms with E-state index >= 15 is 0 Å². The van der Waals surface area contributed by atoms with Gasteiger partial charge in [-0.25, -0.2) is 0 Å². The van der Waals surface area contributed by atoms with Crippen LogP contribution in [0.4, 0.5) is 0 Å². The van der Waals surface area contributed by atoms with E-state index in [0.29, 0.717) is 6.42 Å². The van der Waals surface area contributed by atoms with Crippen LogP contribution in [0.1, 0.15) is 6.42 Å². The molecule has 13 heavy (non-hydrogen) atoms. The average molecular weight is 238 g/mol. The number of nitrogens with zero attached hydrogens (tertiary/aromatic N) is 1. The molecule has 0 saturated heterocycles. The second-order valence-corrected chi connectivity index (χ2v) is 3.98. The molecule has 1 aromatic rings. The summed E-state index contributed by atoms with van der Waals surface area (Å²) in [5, 5.41) is 1.87. The summed E-state index contributed by atoms with van der Waals surface area (Å²) in [5.74, 6) is 0. The molecule has 0 fully saturated rings.